The van der Waals surface area contributed by atoms with Crippen LogP contribution in [0.3, 0.4) is 0 Å². The molecule has 94 valence electrons. The minimum atomic E-state index is -0.912. The lowest BCUT2D eigenvalue weighted by atomic mass is 9.85. The Bertz CT molecular complexity index is 565. The Balaban J connectivity index is 1.90. The smallest absolute Gasteiger partial charge is 0.251 e. The van der Waals surface area contributed by atoms with E-state index in [0.29, 0.717) is 29.7 Å². The third-order valence-corrected chi connectivity index (χ3v) is 4.50. The maximum atomic E-state index is 14.6. The second kappa shape index (κ2) is 3.11. The van der Waals surface area contributed by atoms with E-state index in [9.17, 15) is 13.6 Å². The average molecular weight is 249 g/mol. The first-order chi connectivity index (χ1) is 8.62. The number of carbonyl (C=O) groups is 1. The summed E-state index contributed by atoms with van der Waals surface area (Å²) in [5.74, 6) is -0.832. The van der Waals surface area contributed by atoms with E-state index in [0.717, 1.165) is 12.8 Å². The highest BCUT2D eigenvalue weighted by atomic mass is 19.1. The van der Waals surface area contributed by atoms with Gasteiger partial charge in [0, 0.05) is 29.0 Å². The number of hydrogen-bond donors (Lipinski definition) is 1. The van der Waals surface area contributed by atoms with Crippen molar-refractivity contribution in [3.8, 4) is 0 Å². The fraction of sp³-hybridized carbons (Fsp3) is 0.500. The molecule has 0 radical (unpaired) electrons. The highest BCUT2D eigenvalue weighted by Crippen LogP contribution is 2.54. The summed E-state index contributed by atoms with van der Waals surface area (Å²) in [4.78, 5) is 11.8. The van der Waals surface area contributed by atoms with Crippen molar-refractivity contribution >= 4 is 5.91 Å². The highest BCUT2D eigenvalue weighted by molar-refractivity contribution is 5.98. The lowest BCUT2D eigenvalue weighted by molar-refractivity contribution is 0.0936. The second-order valence-corrected chi connectivity index (χ2v) is 5.71. The maximum Gasteiger partial charge on any atom is 0.251 e. The summed E-state index contributed by atoms with van der Waals surface area (Å²) < 4.78 is 27.7. The van der Waals surface area contributed by atoms with Crippen LogP contribution in [-0.2, 0) is 5.41 Å². The van der Waals surface area contributed by atoms with Gasteiger partial charge in [0.05, 0.1) is 0 Å². The zero-order valence-electron chi connectivity index (χ0n) is 9.80. The SMILES string of the molecule is O=C1NCC2(CC2)c2c1ccc(C1CC1F)c2F. The lowest BCUT2D eigenvalue weighted by Crippen LogP contribution is -2.40. The van der Waals surface area contributed by atoms with Crippen LogP contribution in [-0.4, -0.2) is 18.6 Å². The van der Waals surface area contributed by atoms with Gasteiger partial charge in [0.15, 0.2) is 0 Å². The molecule has 1 N–H and O–H groups in total. The number of alkyl halides is 1. The van der Waals surface area contributed by atoms with Gasteiger partial charge in [-0.1, -0.05) is 6.07 Å². The summed E-state index contributed by atoms with van der Waals surface area (Å²) in [6.45, 7) is 0.517. The van der Waals surface area contributed by atoms with E-state index in [1.54, 1.807) is 12.1 Å². The van der Waals surface area contributed by atoms with Crippen LogP contribution in [0, 0.1) is 5.82 Å². The normalized spacial score (nSPS) is 30.9. The number of halogens is 2. The number of benzene rings is 1. The van der Waals surface area contributed by atoms with Crippen LogP contribution in [0.1, 0.15) is 46.7 Å². The Morgan fingerprint density at radius 1 is 1.33 bits per heavy atom. The average Bonchev–Trinajstić information content (AvgIpc) is 3.24. The summed E-state index contributed by atoms with van der Waals surface area (Å²) >= 11 is 0. The number of rotatable bonds is 1. The van der Waals surface area contributed by atoms with Gasteiger partial charge in [-0.2, -0.15) is 0 Å². The molecule has 1 aromatic rings. The maximum absolute atomic E-state index is 14.6. The first-order valence-corrected chi connectivity index (χ1v) is 6.37. The van der Waals surface area contributed by atoms with E-state index in [1.165, 1.54) is 0 Å². The van der Waals surface area contributed by atoms with Crippen LogP contribution in [0.15, 0.2) is 12.1 Å². The number of carbonyl (C=O) groups excluding carboxylic acids is 1. The van der Waals surface area contributed by atoms with Crippen LogP contribution < -0.4 is 5.32 Å². The summed E-state index contributed by atoms with van der Waals surface area (Å²) in [5, 5.41) is 2.81. The molecule has 0 bridgehead atoms. The van der Waals surface area contributed by atoms with Gasteiger partial charge < -0.3 is 5.32 Å². The van der Waals surface area contributed by atoms with Crippen molar-refractivity contribution < 1.29 is 13.6 Å². The van der Waals surface area contributed by atoms with E-state index in [2.05, 4.69) is 5.32 Å². The van der Waals surface area contributed by atoms with Crippen LogP contribution >= 0.6 is 0 Å². The Kier molecular flexibility index (Phi) is 1.81. The van der Waals surface area contributed by atoms with Crippen LogP contribution in [0.2, 0.25) is 0 Å². The first-order valence-electron chi connectivity index (χ1n) is 6.37. The summed E-state index contributed by atoms with van der Waals surface area (Å²) in [7, 11) is 0. The molecule has 2 fully saturated rings. The van der Waals surface area contributed by atoms with Gasteiger partial charge in [-0.3, -0.25) is 4.79 Å². The lowest BCUT2D eigenvalue weighted by Gasteiger charge is -2.27. The summed E-state index contributed by atoms with van der Waals surface area (Å²) in [6, 6.07) is 3.24. The molecule has 1 spiro atoms. The van der Waals surface area contributed by atoms with E-state index >= 15 is 0 Å². The van der Waals surface area contributed by atoms with Crippen molar-refractivity contribution in [2.45, 2.75) is 36.8 Å². The van der Waals surface area contributed by atoms with Gasteiger partial charge in [-0.05, 0) is 30.9 Å². The van der Waals surface area contributed by atoms with Crippen molar-refractivity contribution in [2.75, 3.05) is 6.54 Å². The van der Waals surface area contributed by atoms with Gasteiger partial charge in [0.1, 0.15) is 12.0 Å². The summed E-state index contributed by atoms with van der Waals surface area (Å²) in [5.41, 5.74) is 1.24. The molecule has 2 atom stereocenters. The molecule has 1 aliphatic heterocycles. The predicted molar refractivity (Wildman–Crippen MR) is 61.9 cm³/mol. The zero-order valence-corrected chi connectivity index (χ0v) is 9.80. The van der Waals surface area contributed by atoms with Gasteiger partial charge in [-0.15, -0.1) is 0 Å². The van der Waals surface area contributed by atoms with Crippen LogP contribution in [0.5, 0.6) is 0 Å². The first kappa shape index (κ1) is 10.5. The predicted octanol–water partition coefficient (Wildman–Crippen LogP) is 2.43. The second-order valence-electron chi connectivity index (χ2n) is 5.71. The largest absolute Gasteiger partial charge is 0.351 e. The van der Waals surface area contributed by atoms with E-state index in [4.69, 9.17) is 0 Å². The standard InChI is InChI=1S/C14H13F2NO/c15-10-5-9(10)7-1-2-8-11(12(7)16)14(3-4-14)6-17-13(8)18/h1-2,9-10H,3-6H2,(H,17,18). The molecule has 2 nitrogen and oxygen atoms in total. The third kappa shape index (κ3) is 1.23. The molecular weight excluding hydrogens is 236 g/mol. The molecule has 3 aliphatic rings. The fourth-order valence-corrected chi connectivity index (χ4v) is 3.08. The number of nitrogens with one attached hydrogen (secondary N) is 1. The van der Waals surface area contributed by atoms with Crippen LogP contribution in [0.4, 0.5) is 8.78 Å². The van der Waals surface area contributed by atoms with Crippen molar-refractivity contribution in [1.82, 2.24) is 5.32 Å². The zero-order chi connectivity index (χ0) is 12.5. The number of fused-ring (bicyclic) bond motifs is 2. The fourth-order valence-electron chi connectivity index (χ4n) is 3.08. The molecule has 2 aliphatic carbocycles. The Morgan fingerprint density at radius 3 is 2.67 bits per heavy atom. The van der Waals surface area contributed by atoms with E-state index < -0.39 is 6.17 Å². The molecule has 4 heteroatoms. The van der Waals surface area contributed by atoms with Gasteiger partial charge in [0.2, 0.25) is 0 Å². The monoisotopic (exact) mass is 249 g/mol. The molecule has 4 rings (SSSR count). The molecule has 1 heterocycles. The van der Waals surface area contributed by atoms with Crippen molar-refractivity contribution in [2.24, 2.45) is 0 Å². The van der Waals surface area contributed by atoms with E-state index in [1.807, 2.05) is 0 Å². The highest BCUT2D eigenvalue weighted by Gasteiger charge is 2.52. The van der Waals surface area contributed by atoms with Crippen molar-refractivity contribution in [3.05, 3.63) is 34.6 Å². The molecule has 0 saturated heterocycles. The van der Waals surface area contributed by atoms with E-state index in [-0.39, 0.29) is 23.1 Å². The quantitative estimate of drug-likeness (QED) is 0.813. The molecule has 2 unspecified atom stereocenters. The third-order valence-electron chi connectivity index (χ3n) is 4.50. The number of hydrogen-bond acceptors (Lipinski definition) is 1. The molecule has 2 saturated carbocycles. The topological polar surface area (TPSA) is 29.1 Å². The molecular formula is C14H13F2NO. The van der Waals surface area contributed by atoms with Gasteiger partial charge in [-0.25, -0.2) is 8.78 Å². The molecule has 0 aromatic heterocycles. The van der Waals surface area contributed by atoms with Crippen molar-refractivity contribution in [3.63, 3.8) is 0 Å². The summed E-state index contributed by atoms with van der Waals surface area (Å²) in [6.07, 6.45) is 1.31. The Hall–Kier alpha value is -1.45. The molecule has 1 aromatic carbocycles. The molecule has 1 amide bonds. The van der Waals surface area contributed by atoms with Crippen molar-refractivity contribution in [1.29, 1.82) is 0 Å². The molecule has 18 heavy (non-hydrogen) atoms. The van der Waals surface area contributed by atoms with Crippen LogP contribution in [0.25, 0.3) is 0 Å². The van der Waals surface area contributed by atoms with Gasteiger partial charge >= 0.3 is 0 Å². The minimum Gasteiger partial charge on any atom is -0.351 e. The Morgan fingerprint density at radius 2 is 2.06 bits per heavy atom. The minimum absolute atomic E-state index is 0.204. The Labute approximate surface area is 103 Å². The van der Waals surface area contributed by atoms with Gasteiger partial charge in [0.25, 0.3) is 5.91 Å². The number of amides is 1.